The molecule has 3 aliphatic rings. The van der Waals surface area contributed by atoms with E-state index in [1.807, 2.05) is 0 Å². The van der Waals surface area contributed by atoms with E-state index in [9.17, 15) is 0 Å². The minimum Gasteiger partial charge on any atom is -0.362 e. The second kappa shape index (κ2) is 10.9. The summed E-state index contributed by atoms with van der Waals surface area (Å²) in [7, 11) is 4.46. The average Bonchev–Trinajstić information content (AvgIpc) is 2.82. The van der Waals surface area contributed by atoms with Gasteiger partial charge < -0.3 is 31.1 Å². The van der Waals surface area contributed by atoms with Crippen LogP contribution in [0.4, 0.5) is 5.69 Å². The number of piperazine rings is 1. The van der Waals surface area contributed by atoms with Crippen LogP contribution in [0.15, 0.2) is 36.5 Å². The largest absolute Gasteiger partial charge is 0.362 e. The molecule has 3 atom stereocenters. The van der Waals surface area contributed by atoms with Crippen molar-refractivity contribution in [2.75, 3.05) is 65.2 Å². The fraction of sp³-hybridized carbons (Fsp3) is 0.680. The van der Waals surface area contributed by atoms with Gasteiger partial charge in [-0.3, -0.25) is 0 Å². The summed E-state index contributed by atoms with van der Waals surface area (Å²) in [6.07, 6.45) is 11.1. The Hall–Kier alpha value is -1.44. The number of nitrogens with zero attached hydrogens (tertiary/aromatic N) is 2. The third-order valence-electron chi connectivity index (χ3n) is 7.37. The van der Waals surface area contributed by atoms with Gasteiger partial charge in [0.15, 0.2) is 0 Å². The average molecular weight is 427 g/mol. The number of para-hydroxylation sites is 1. The number of anilines is 1. The van der Waals surface area contributed by atoms with E-state index in [-0.39, 0.29) is 5.54 Å². The third-order valence-corrected chi connectivity index (χ3v) is 7.37. The summed E-state index contributed by atoms with van der Waals surface area (Å²) in [6, 6.07) is 9.58. The molecule has 0 spiro atoms. The van der Waals surface area contributed by atoms with Gasteiger partial charge in [0.25, 0.3) is 0 Å². The Kier molecular flexibility index (Phi) is 8.02. The van der Waals surface area contributed by atoms with Crippen molar-refractivity contribution in [1.82, 2.24) is 25.8 Å². The second-order valence-corrected chi connectivity index (χ2v) is 9.65. The van der Waals surface area contributed by atoms with E-state index in [0.29, 0.717) is 12.1 Å². The van der Waals surface area contributed by atoms with Crippen molar-refractivity contribution in [3.63, 3.8) is 0 Å². The lowest BCUT2D eigenvalue weighted by molar-refractivity contribution is 0.191. The van der Waals surface area contributed by atoms with E-state index in [1.165, 1.54) is 63.0 Å². The topological polar surface area (TPSA) is 54.6 Å². The van der Waals surface area contributed by atoms with E-state index in [1.54, 1.807) is 0 Å². The zero-order chi connectivity index (χ0) is 21.5. The van der Waals surface area contributed by atoms with Crippen molar-refractivity contribution >= 4 is 5.69 Å². The van der Waals surface area contributed by atoms with Crippen LogP contribution in [-0.2, 0) is 5.54 Å². The highest BCUT2D eigenvalue weighted by molar-refractivity contribution is 5.61. The molecule has 3 heterocycles. The Labute approximate surface area is 188 Å². The molecule has 0 aliphatic carbocycles. The second-order valence-electron chi connectivity index (χ2n) is 9.65. The smallest absolute Gasteiger partial charge is 0.0826 e. The summed E-state index contributed by atoms with van der Waals surface area (Å²) >= 11 is 0. The molecule has 172 valence electrons. The summed E-state index contributed by atoms with van der Waals surface area (Å²) in [5.41, 5.74) is 2.33. The molecule has 4 rings (SSSR count). The van der Waals surface area contributed by atoms with Crippen molar-refractivity contribution in [1.29, 1.82) is 0 Å². The molecule has 4 N–H and O–H groups in total. The van der Waals surface area contributed by atoms with Crippen molar-refractivity contribution in [3.8, 4) is 0 Å². The molecule has 0 bridgehead atoms. The molecule has 0 saturated carbocycles. The van der Waals surface area contributed by atoms with Crippen LogP contribution >= 0.6 is 0 Å². The number of piperidine rings is 1. The van der Waals surface area contributed by atoms with Crippen molar-refractivity contribution in [3.05, 3.63) is 42.1 Å². The molecule has 3 aliphatic heterocycles. The minimum atomic E-state index is -0.212. The fourth-order valence-corrected chi connectivity index (χ4v) is 5.44. The molecular formula is C25H42N6. The van der Waals surface area contributed by atoms with Crippen LogP contribution in [0.25, 0.3) is 0 Å². The monoisotopic (exact) mass is 426 g/mol. The fourth-order valence-electron chi connectivity index (χ4n) is 5.44. The summed E-state index contributed by atoms with van der Waals surface area (Å²) in [6.45, 7) is 7.82. The van der Waals surface area contributed by atoms with Gasteiger partial charge in [-0.15, -0.1) is 0 Å². The first kappa shape index (κ1) is 22.7. The molecule has 2 saturated heterocycles. The summed E-state index contributed by atoms with van der Waals surface area (Å²) < 4.78 is 0. The minimum absolute atomic E-state index is 0.212. The molecule has 3 unspecified atom stereocenters. The van der Waals surface area contributed by atoms with E-state index < -0.39 is 0 Å². The summed E-state index contributed by atoms with van der Waals surface area (Å²) in [4.78, 5) is 5.06. The van der Waals surface area contributed by atoms with Gasteiger partial charge >= 0.3 is 0 Å². The summed E-state index contributed by atoms with van der Waals surface area (Å²) in [5.74, 6) is 0. The molecule has 6 heteroatoms. The number of likely N-dealkylation sites (tertiary alicyclic amines) is 1. The number of benzene rings is 1. The van der Waals surface area contributed by atoms with Gasteiger partial charge in [0.05, 0.1) is 5.54 Å². The molecular weight excluding hydrogens is 384 g/mol. The number of likely N-dealkylation sites (N-methyl/N-ethyl adjacent to an activating group) is 1. The molecule has 0 aromatic heterocycles. The lowest BCUT2D eigenvalue weighted by atomic mass is 9.79. The third kappa shape index (κ3) is 5.49. The molecule has 6 nitrogen and oxygen atoms in total. The number of hydrogen-bond donors (Lipinski definition) is 4. The Morgan fingerprint density at radius 2 is 2.00 bits per heavy atom. The van der Waals surface area contributed by atoms with Crippen molar-refractivity contribution < 1.29 is 0 Å². The zero-order valence-electron chi connectivity index (χ0n) is 19.5. The SMILES string of the molecule is CN(C)C(CCCN1CCCCC1)CNC1(C2CNCCN2)C=CNc2ccccc21. The van der Waals surface area contributed by atoms with E-state index in [4.69, 9.17) is 0 Å². The van der Waals surface area contributed by atoms with Gasteiger partial charge in [-0.1, -0.05) is 24.6 Å². The molecule has 0 radical (unpaired) electrons. The maximum Gasteiger partial charge on any atom is 0.0826 e. The van der Waals surface area contributed by atoms with Gasteiger partial charge in [0, 0.05) is 49.5 Å². The van der Waals surface area contributed by atoms with Crippen molar-refractivity contribution in [2.24, 2.45) is 0 Å². The lowest BCUT2D eigenvalue weighted by Gasteiger charge is -2.46. The predicted molar refractivity (Wildman–Crippen MR) is 131 cm³/mol. The number of nitrogens with one attached hydrogen (secondary N) is 4. The first-order chi connectivity index (χ1) is 15.2. The molecule has 2 fully saturated rings. The predicted octanol–water partition coefficient (Wildman–Crippen LogP) is 2.17. The molecule has 1 aromatic carbocycles. The Morgan fingerprint density at radius 1 is 1.16 bits per heavy atom. The lowest BCUT2D eigenvalue weighted by Crippen LogP contribution is -2.65. The van der Waals surface area contributed by atoms with Crippen LogP contribution < -0.4 is 21.3 Å². The highest BCUT2D eigenvalue weighted by Crippen LogP contribution is 2.36. The van der Waals surface area contributed by atoms with Crippen LogP contribution in [0, 0.1) is 0 Å². The van der Waals surface area contributed by atoms with E-state index >= 15 is 0 Å². The highest BCUT2D eigenvalue weighted by Gasteiger charge is 2.41. The van der Waals surface area contributed by atoms with Crippen LogP contribution in [0.2, 0.25) is 0 Å². The van der Waals surface area contributed by atoms with E-state index in [0.717, 1.165) is 26.2 Å². The maximum absolute atomic E-state index is 4.05. The van der Waals surface area contributed by atoms with Crippen LogP contribution in [0.5, 0.6) is 0 Å². The Balaban J connectivity index is 1.44. The first-order valence-electron chi connectivity index (χ1n) is 12.3. The molecule has 31 heavy (non-hydrogen) atoms. The first-order valence-corrected chi connectivity index (χ1v) is 12.3. The van der Waals surface area contributed by atoms with Crippen LogP contribution in [-0.4, -0.2) is 81.8 Å². The Morgan fingerprint density at radius 3 is 2.77 bits per heavy atom. The van der Waals surface area contributed by atoms with Crippen molar-refractivity contribution in [2.45, 2.75) is 49.7 Å². The number of fused-ring (bicyclic) bond motifs is 1. The Bertz CT molecular complexity index is 708. The standard InChI is InChI=1S/C25H42N6/c1-30(2)21(9-8-18-31-16-6-3-7-17-31)19-29-25(24-20-26-14-15-28-24)12-13-27-23-11-5-4-10-22(23)25/h4-5,10-13,21,24,26-29H,3,6-9,14-20H2,1-2H3. The normalized spacial score (nSPS) is 27.6. The number of hydrogen-bond acceptors (Lipinski definition) is 6. The quantitative estimate of drug-likeness (QED) is 0.486. The highest BCUT2D eigenvalue weighted by atomic mass is 15.2. The van der Waals surface area contributed by atoms with Gasteiger partial charge in [-0.05, 0) is 77.8 Å². The van der Waals surface area contributed by atoms with Gasteiger partial charge in [0.2, 0.25) is 0 Å². The van der Waals surface area contributed by atoms with Crippen LogP contribution in [0.1, 0.15) is 37.7 Å². The number of rotatable bonds is 9. The van der Waals surface area contributed by atoms with Gasteiger partial charge in [0.1, 0.15) is 0 Å². The van der Waals surface area contributed by atoms with E-state index in [2.05, 4.69) is 81.7 Å². The van der Waals surface area contributed by atoms with Gasteiger partial charge in [-0.2, -0.15) is 0 Å². The van der Waals surface area contributed by atoms with Crippen LogP contribution in [0.3, 0.4) is 0 Å². The molecule has 0 amide bonds. The zero-order valence-corrected chi connectivity index (χ0v) is 19.5. The van der Waals surface area contributed by atoms with Gasteiger partial charge in [-0.25, -0.2) is 0 Å². The maximum atomic E-state index is 4.05. The molecule has 1 aromatic rings. The summed E-state index contributed by atoms with van der Waals surface area (Å²) in [5, 5.41) is 14.9.